The van der Waals surface area contributed by atoms with Crippen LogP contribution in [-0.2, 0) is 23.4 Å². The molecule has 2 aromatic heterocycles. The second-order valence-corrected chi connectivity index (χ2v) is 12.5. The molecule has 1 aliphatic carbocycles. The maximum absolute atomic E-state index is 16.2. The number of aliphatic hydroxyl groups is 1. The van der Waals surface area contributed by atoms with Crippen LogP contribution in [0.15, 0.2) is 36.7 Å². The quantitative estimate of drug-likeness (QED) is 0.157. The van der Waals surface area contributed by atoms with E-state index in [1.807, 2.05) is 0 Å². The zero-order chi connectivity index (χ0) is 31.8. The highest BCUT2D eigenvalue weighted by Crippen LogP contribution is 2.50. The van der Waals surface area contributed by atoms with Crippen LogP contribution < -0.4 is 20.7 Å². The number of anilines is 2. The Bertz CT molecular complexity index is 1530. The molecule has 1 aliphatic heterocycles. The molecule has 3 aromatic rings. The number of fused-ring (bicyclic) bond motifs is 1. The lowest BCUT2D eigenvalue weighted by atomic mass is 9.96. The van der Waals surface area contributed by atoms with Crippen molar-refractivity contribution in [1.82, 2.24) is 24.6 Å². The van der Waals surface area contributed by atoms with Crippen molar-refractivity contribution in [3.63, 3.8) is 0 Å². The van der Waals surface area contributed by atoms with E-state index in [-0.39, 0.29) is 34.7 Å². The number of aromatic nitrogens is 4. The van der Waals surface area contributed by atoms with Gasteiger partial charge in [-0.25, -0.2) is 22.7 Å². The Morgan fingerprint density at radius 1 is 1.25 bits per heavy atom. The first-order valence-electron chi connectivity index (χ1n) is 13.9. The van der Waals surface area contributed by atoms with E-state index in [2.05, 4.69) is 25.4 Å². The van der Waals surface area contributed by atoms with Crippen molar-refractivity contribution in [2.24, 2.45) is 0 Å². The summed E-state index contributed by atoms with van der Waals surface area (Å²) in [6.07, 6.45) is -7.83. The van der Waals surface area contributed by atoms with Gasteiger partial charge in [-0.15, -0.1) is 0 Å². The summed E-state index contributed by atoms with van der Waals surface area (Å²) in [5, 5.41) is 16.4. The number of aliphatic hydroxyl groups excluding tert-OH is 1. The third-order valence-corrected chi connectivity index (χ3v) is 8.51. The second kappa shape index (κ2) is 12.5. The minimum absolute atomic E-state index is 0.0729. The first-order chi connectivity index (χ1) is 20.8. The van der Waals surface area contributed by atoms with Crippen LogP contribution in [0.4, 0.5) is 24.9 Å². The van der Waals surface area contributed by atoms with Crippen molar-refractivity contribution < 1.29 is 46.2 Å². The summed E-state index contributed by atoms with van der Waals surface area (Å²) in [4.78, 5) is 24.7. The normalized spacial score (nSPS) is 25.7. The Hall–Kier alpha value is -3.50. The summed E-state index contributed by atoms with van der Waals surface area (Å²) in [5.41, 5.74) is 2.17. The van der Waals surface area contributed by atoms with Gasteiger partial charge >= 0.3 is 13.7 Å². The van der Waals surface area contributed by atoms with E-state index in [1.165, 1.54) is 19.1 Å². The SMILES string of the molecule is CC(C)OC(=O)[C@@H](C)N[P@](=O)(OC[C@H]1O[C@@H](n2cnc3c(NC4CC4)nc(N)nc32)[C@@](F)(C(F)F)[C@@H]1O)Oc1ccccc1. The lowest BCUT2D eigenvalue weighted by Gasteiger charge is -2.28. The van der Waals surface area contributed by atoms with Crippen molar-refractivity contribution in [3.8, 4) is 5.75 Å². The molecule has 0 radical (unpaired) electrons. The summed E-state index contributed by atoms with van der Waals surface area (Å²) >= 11 is 0. The number of imidazole rings is 1. The fourth-order valence-electron chi connectivity index (χ4n) is 4.55. The molecule has 5 N–H and O–H groups in total. The van der Waals surface area contributed by atoms with Crippen LogP contribution in [0.5, 0.6) is 5.75 Å². The number of nitrogens with one attached hydrogen (secondary N) is 2. The van der Waals surface area contributed by atoms with Crippen LogP contribution >= 0.6 is 7.75 Å². The Kier molecular flexibility index (Phi) is 9.05. The molecule has 1 saturated heterocycles. The van der Waals surface area contributed by atoms with Gasteiger partial charge in [0.2, 0.25) is 11.6 Å². The van der Waals surface area contributed by atoms with Gasteiger partial charge in [0, 0.05) is 6.04 Å². The van der Waals surface area contributed by atoms with Crippen molar-refractivity contribution in [1.29, 1.82) is 0 Å². The molecule has 0 amide bonds. The highest BCUT2D eigenvalue weighted by Gasteiger charge is 2.64. The second-order valence-electron chi connectivity index (χ2n) is 10.8. The number of nitrogen functional groups attached to an aromatic ring is 1. The first kappa shape index (κ1) is 31.9. The van der Waals surface area contributed by atoms with Crippen LogP contribution in [0, 0.1) is 0 Å². The van der Waals surface area contributed by atoms with E-state index < -0.39 is 63.0 Å². The van der Waals surface area contributed by atoms with E-state index in [0.717, 1.165) is 23.7 Å². The fraction of sp³-hybridized carbons (Fsp3) is 0.538. The topological polar surface area (TPSA) is 185 Å². The molecule has 1 saturated carbocycles. The summed E-state index contributed by atoms with van der Waals surface area (Å²) in [5.74, 6) is -0.688. The number of halogens is 3. The van der Waals surface area contributed by atoms with Crippen molar-refractivity contribution in [3.05, 3.63) is 36.7 Å². The molecule has 0 unspecified atom stereocenters. The number of para-hydroxylation sites is 1. The van der Waals surface area contributed by atoms with Crippen molar-refractivity contribution in [2.45, 2.75) is 82.3 Å². The third kappa shape index (κ3) is 6.61. The van der Waals surface area contributed by atoms with E-state index >= 15 is 4.39 Å². The molecule has 5 rings (SSSR count). The van der Waals surface area contributed by atoms with Gasteiger partial charge in [0.05, 0.1) is 19.0 Å². The Labute approximate surface area is 250 Å². The molecule has 3 heterocycles. The van der Waals surface area contributed by atoms with Crippen molar-refractivity contribution >= 4 is 36.6 Å². The Morgan fingerprint density at radius 2 is 1.95 bits per heavy atom. The number of esters is 1. The van der Waals surface area contributed by atoms with Gasteiger partial charge in [0.1, 0.15) is 24.0 Å². The fourth-order valence-corrected chi connectivity index (χ4v) is 6.06. The van der Waals surface area contributed by atoms with E-state index in [4.69, 9.17) is 24.3 Å². The van der Waals surface area contributed by atoms with Gasteiger partial charge in [-0.3, -0.25) is 13.9 Å². The number of carbonyl (C=O) groups is 1. The summed E-state index contributed by atoms with van der Waals surface area (Å²) < 4.78 is 81.3. The number of alkyl halides is 3. The molecule has 0 bridgehead atoms. The predicted molar refractivity (Wildman–Crippen MR) is 151 cm³/mol. The van der Waals surface area contributed by atoms with Gasteiger partial charge in [0.15, 0.2) is 23.2 Å². The number of rotatable bonds is 13. The first-order valence-corrected chi connectivity index (χ1v) is 15.4. The van der Waals surface area contributed by atoms with Crippen LogP contribution in [-0.4, -0.2) is 79.7 Å². The van der Waals surface area contributed by atoms with Gasteiger partial charge in [-0.05, 0) is 45.7 Å². The molecule has 0 spiro atoms. The molecular formula is C26H33F3N7O7P. The molecule has 44 heavy (non-hydrogen) atoms. The third-order valence-electron chi connectivity index (χ3n) is 6.87. The maximum atomic E-state index is 16.2. The minimum atomic E-state index is -4.50. The summed E-state index contributed by atoms with van der Waals surface area (Å²) in [6, 6.07) is 6.67. The molecule has 14 nitrogen and oxygen atoms in total. The van der Waals surface area contributed by atoms with Gasteiger partial charge < -0.3 is 30.2 Å². The van der Waals surface area contributed by atoms with Gasteiger partial charge in [-0.2, -0.15) is 15.1 Å². The van der Waals surface area contributed by atoms with E-state index in [0.29, 0.717) is 0 Å². The molecule has 6 atom stereocenters. The molecular weight excluding hydrogens is 610 g/mol. The zero-order valence-electron chi connectivity index (χ0n) is 24.0. The van der Waals surface area contributed by atoms with E-state index in [1.54, 1.807) is 32.0 Å². The zero-order valence-corrected chi connectivity index (χ0v) is 24.9. The molecule has 2 fully saturated rings. The maximum Gasteiger partial charge on any atom is 0.459 e. The number of ether oxygens (including phenoxy) is 2. The van der Waals surface area contributed by atoms with Gasteiger partial charge in [0.25, 0.3) is 6.43 Å². The average Bonchev–Trinajstić information content (AvgIpc) is 3.61. The Balaban J connectivity index is 1.41. The number of hydrogen-bond acceptors (Lipinski definition) is 12. The number of benzene rings is 1. The van der Waals surface area contributed by atoms with E-state index in [9.17, 15) is 23.2 Å². The average molecular weight is 644 g/mol. The number of carbonyl (C=O) groups excluding carboxylic acids is 1. The van der Waals surface area contributed by atoms with Crippen LogP contribution in [0.25, 0.3) is 11.2 Å². The smallest absolute Gasteiger partial charge is 0.459 e. The summed E-state index contributed by atoms with van der Waals surface area (Å²) in [6.45, 7) is 3.70. The number of nitrogens with two attached hydrogens (primary N) is 1. The standard InChI is InChI=1S/C26H33F3N7O7P/c1-13(2)41-22(38)14(3)35-44(39,43-16-7-5-4-6-8-16)40-11-17-19(37)26(29,23(27)28)24(42-17)36-12-31-18-20(32-15-9-10-15)33-25(30)34-21(18)36/h4-8,12-15,17,19,23-24,37H,9-11H2,1-3H3,(H,35,39)(H3,30,32,33,34)/t14-,17-,19-,24-,26+,44+/m1/s1. The highest BCUT2D eigenvalue weighted by molar-refractivity contribution is 7.52. The van der Waals surface area contributed by atoms with Crippen LogP contribution in [0.2, 0.25) is 0 Å². The minimum Gasteiger partial charge on any atom is -0.462 e. The van der Waals surface area contributed by atoms with Crippen LogP contribution in [0.3, 0.4) is 0 Å². The number of hydrogen-bond donors (Lipinski definition) is 4. The monoisotopic (exact) mass is 643 g/mol. The predicted octanol–water partition coefficient (Wildman–Crippen LogP) is 3.35. The highest BCUT2D eigenvalue weighted by atomic mass is 31.2. The molecule has 1 aromatic carbocycles. The van der Waals surface area contributed by atoms with Gasteiger partial charge in [-0.1, -0.05) is 18.2 Å². The number of nitrogens with zero attached hydrogens (tertiary/aromatic N) is 4. The van der Waals surface area contributed by atoms with Crippen LogP contribution in [0.1, 0.15) is 39.8 Å². The summed E-state index contributed by atoms with van der Waals surface area (Å²) in [7, 11) is -4.50. The molecule has 2 aliphatic rings. The lowest BCUT2D eigenvalue weighted by molar-refractivity contribution is -0.149. The molecule has 240 valence electrons. The Morgan fingerprint density at radius 3 is 2.59 bits per heavy atom. The largest absolute Gasteiger partial charge is 0.462 e. The molecule has 18 heteroatoms. The lowest BCUT2D eigenvalue weighted by Crippen LogP contribution is -2.49. The van der Waals surface area contributed by atoms with Crippen molar-refractivity contribution in [2.75, 3.05) is 17.7 Å².